The van der Waals surface area contributed by atoms with Crippen molar-refractivity contribution in [1.82, 2.24) is 10.2 Å². The minimum absolute atomic E-state index is 0.320. The highest BCUT2D eigenvalue weighted by atomic mass is 16.5. The van der Waals surface area contributed by atoms with Crippen molar-refractivity contribution in [3.05, 3.63) is 0 Å². The highest BCUT2D eigenvalue weighted by Crippen LogP contribution is 2.27. The van der Waals surface area contributed by atoms with Crippen molar-refractivity contribution >= 4 is 6.09 Å². The van der Waals surface area contributed by atoms with E-state index in [2.05, 4.69) is 5.32 Å². The van der Waals surface area contributed by atoms with E-state index in [1.807, 2.05) is 20.8 Å². The summed E-state index contributed by atoms with van der Waals surface area (Å²) in [6, 6.07) is 0.564. The van der Waals surface area contributed by atoms with Gasteiger partial charge in [0.2, 0.25) is 0 Å². The number of carbonyl (C=O) groups is 1. The van der Waals surface area contributed by atoms with Gasteiger partial charge in [-0.1, -0.05) is 0 Å². The number of hydrogen-bond donors (Lipinski definition) is 2. The van der Waals surface area contributed by atoms with Crippen LogP contribution in [0.4, 0.5) is 4.79 Å². The van der Waals surface area contributed by atoms with Gasteiger partial charge in [0.15, 0.2) is 0 Å². The standard InChI is InChI=1S/C15H30N2O3/c1-15(2,3)17(14(18)19)11-12-5-7-13(8-6-12)16-9-10-20-4/h12-13,16H,5-11H2,1-4H3,(H,18,19). The zero-order valence-electron chi connectivity index (χ0n) is 13.3. The molecule has 20 heavy (non-hydrogen) atoms. The van der Waals surface area contributed by atoms with Crippen molar-refractivity contribution in [2.75, 3.05) is 26.8 Å². The Morgan fingerprint density at radius 3 is 2.35 bits per heavy atom. The molecule has 0 saturated heterocycles. The third kappa shape index (κ3) is 5.67. The number of rotatable bonds is 6. The first-order valence-corrected chi connectivity index (χ1v) is 7.57. The fraction of sp³-hybridized carbons (Fsp3) is 0.933. The third-order valence-corrected chi connectivity index (χ3v) is 4.07. The molecule has 0 aromatic rings. The summed E-state index contributed by atoms with van der Waals surface area (Å²) in [7, 11) is 1.71. The largest absolute Gasteiger partial charge is 0.465 e. The second-order valence-electron chi connectivity index (χ2n) is 6.73. The molecule has 2 N–H and O–H groups in total. The molecular weight excluding hydrogens is 256 g/mol. The molecule has 1 aliphatic carbocycles. The van der Waals surface area contributed by atoms with Crippen LogP contribution >= 0.6 is 0 Å². The van der Waals surface area contributed by atoms with E-state index in [9.17, 15) is 9.90 Å². The topological polar surface area (TPSA) is 61.8 Å². The van der Waals surface area contributed by atoms with Gasteiger partial charge in [0, 0.05) is 31.8 Å². The fourth-order valence-corrected chi connectivity index (χ4v) is 2.81. The summed E-state index contributed by atoms with van der Waals surface area (Å²) in [6.07, 6.45) is 3.66. The molecule has 0 aliphatic heterocycles. The van der Waals surface area contributed by atoms with E-state index in [1.165, 1.54) is 0 Å². The minimum Gasteiger partial charge on any atom is -0.465 e. The van der Waals surface area contributed by atoms with E-state index in [1.54, 1.807) is 12.0 Å². The van der Waals surface area contributed by atoms with Crippen molar-refractivity contribution in [3.63, 3.8) is 0 Å². The van der Waals surface area contributed by atoms with Crippen LogP contribution in [0.2, 0.25) is 0 Å². The smallest absolute Gasteiger partial charge is 0.407 e. The van der Waals surface area contributed by atoms with Crippen molar-refractivity contribution in [2.45, 2.75) is 58.0 Å². The van der Waals surface area contributed by atoms with Gasteiger partial charge in [-0.05, 0) is 52.4 Å². The Hall–Kier alpha value is -0.810. The van der Waals surface area contributed by atoms with Gasteiger partial charge in [-0.2, -0.15) is 0 Å². The van der Waals surface area contributed by atoms with Crippen LogP contribution in [0.3, 0.4) is 0 Å². The van der Waals surface area contributed by atoms with Crippen LogP contribution < -0.4 is 5.32 Å². The SMILES string of the molecule is COCCNC1CCC(CN(C(=O)O)C(C)(C)C)CC1. The molecule has 5 nitrogen and oxygen atoms in total. The molecule has 1 fully saturated rings. The maximum atomic E-state index is 11.4. The Kier molecular flexibility index (Phi) is 6.76. The second kappa shape index (κ2) is 7.84. The van der Waals surface area contributed by atoms with Crippen molar-refractivity contribution in [2.24, 2.45) is 5.92 Å². The number of methoxy groups -OCH3 is 1. The summed E-state index contributed by atoms with van der Waals surface area (Å²) in [5, 5.41) is 12.8. The summed E-state index contributed by atoms with van der Waals surface area (Å²) < 4.78 is 5.04. The fourth-order valence-electron chi connectivity index (χ4n) is 2.81. The molecule has 0 radical (unpaired) electrons. The molecular formula is C15H30N2O3. The Morgan fingerprint density at radius 2 is 1.90 bits per heavy atom. The molecule has 1 amide bonds. The van der Waals surface area contributed by atoms with E-state index in [0.29, 0.717) is 18.5 Å². The molecule has 0 atom stereocenters. The summed E-state index contributed by atoms with van der Waals surface area (Å²) in [6.45, 7) is 8.17. The van der Waals surface area contributed by atoms with E-state index in [4.69, 9.17) is 4.74 Å². The van der Waals surface area contributed by atoms with E-state index in [-0.39, 0.29) is 5.54 Å². The summed E-state index contributed by atoms with van der Waals surface area (Å²) >= 11 is 0. The molecule has 118 valence electrons. The van der Waals surface area contributed by atoms with Gasteiger partial charge in [-0.15, -0.1) is 0 Å². The van der Waals surface area contributed by atoms with Crippen molar-refractivity contribution in [3.8, 4) is 0 Å². The molecule has 0 aromatic carbocycles. The van der Waals surface area contributed by atoms with Gasteiger partial charge in [0.25, 0.3) is 0 Å². The predicted octanol–water partition coefficient (Wildman–Crippen LogP) is 2.56. The average molecular weight is 286 g/mol. The van der Waals surface area contributed by atoms with Gasteiger partial charge < -0.3 is 20.1 Å². The monoisotopic (exact) mass is 286 g/mol. The Balaban J connectivity index is 2.36. The first-order chi connectivity index (χ1) is 9.34. The third-order valence-electron chi connectivity index (χ3n) is 4.07. The normalized spacial score (nSPS) is 23.6. The first-order valence-electron chi connectivity index (χ1n) is 7.57. The second-order valence-corrected chi connectivity index (χ2v) is 6.73. The Morgan fingerprint density at radius 1 is 1.30 bits per heavy atom. The number of amides is 1. The zero-order chi connectivity index (χ0) is 15.2. The van der Waals surface area contributed by atoms with Crippen LogP contribution in [0.15, 0.2) is 0 Å². The first kappa shape index (κ1) is 17.2. The van der Waals surface area contributed by atoms with E-state index < -0.39 is 6.09 Å². The van der Waals surface area contributed by atoms with Crippen LogP contribution in [-0.2, 0) is 4.74 Å². The molecule has 0 bridgehead atoms. The number of nitrogens with zero attached hydrogens (tertiary/aromatic N) is 1. The highest BCUT2D eigenvalue weighted by Gasteiger charge is 2.30. The maximum Gasteiger partial charge on any atom is 0.407 e. The van der Waals surface area contributed by atoms with Gasteiger partial charge in [-0.25, -0.2) is 4.79 Å². The highest BCUT2D eigenvalue weighted by molar-refractivity contribution is 5.66. The zero-order valence-corrected chi connectivity index (χ0v) is 13.3. The van der Waals surface area contributed by atoms with Crippen LogP contribution in [0, 0.1) is 5.92 Å². The van der Waals surface area contributed by atoms with Gasteiger partial charge >= 0.3 is 6.09 Å². The number of hydrogen-bond acceptors (Lipinski definition) is 3. The van der Waals surface area contributed by atoms with Crippen molar-refractivity contribution in [1.29, 1.82) is 0 Å². The average Bonchev–Trinajstić information content (AvgIpc) is 2.36. The lowest BCUT2D eigenvalue weighted by atomic mass is 9.85. The van der Waals surface area contributed by atoms with Gasteiger partial charge in [-0.3, -0.25) is 0 Å². The Bertz CT molecular complexity index is 294. The van der Waals surface area contributed by atoms with E-state index in [0.717, 1.165) is 38.8 Å². The summed E-state index contributed by atoms with van der Waals surface area (Å²) in [5.74, 6) is 0.491. The number of carboxylic acid groups (broad SMARTS) is 1. The van der Waals surface area contributed by atoms with Gasteiger partial charge in [0.1, 0.15) is 0 Å². The van der Waals surface area contributed by atoms with Crippen LogP contribution in [0.5, 0.6) is 0 Å². The maximum absolute atomic E-state index is 11.4. The number of nitrogens with one attached hydrogen (secondary N) is 1. The van der Waals surface area contributed by atoms with Crippen LogP contribution in [0.25, 0.3) is 0 Å². The summed E-state index contributed by atoms with van der Waals surface area (Å²) in [5.41, 5.74) is -0.320. The predicted molar refractivity (Wildman–Crippen MR) is 80.1 cm³/mol. The molecule has 0 unspecified atom stereocenters. The lowest BCUT2D eigenvalue weighted by molar-refractivity contribution is 0.0809. The summed E-state index contributed by atoms with van der Waals surface area (Å²) in [4.78, 5) is 12.9. The van der Waals surface area contributed by atoms with Crippen molar-refractivity contribution < 1.29 is 14.6 Å². The lowest BCUT2D eigenvalue weighted by Crippen LogP contribution is -2.48. The van der Waals surface area contributed by atoms with Crippen LogP contribution in [-0.4, -0.2) is 54.5 Å². The van der Waals surface area contributed by atoms with E-state index >= 15 is 0 Å². The quantitative estimate of drug-likeness (QED) is 0.737. The Labute approximate surface area is 122 Å². The molecule has 1 aliphatic rings. The lowest BCUT2D eigenvalue weighted by Gasteiger charge is -2.38. The molecule has 0 aromatic heterocycles. The van der Waals surface area contributed by atoms with Crippen LogP contribution in [0.1, 0.15) is 46.5 Å². The molecule has 5 heteroatoms. The molecule has 0 spiro atoms. The van der Waals surface area contributed by atoms with Gasteiger partial charge in [0.05, 0.1) is 6.61 Å². The molecule has 0 heterocycles. The molecule has 1 rings (SSSR count). The number of ether oxygens (including phenoxy) is 1. The molecule has 1 saturated carbocycles. The minimum atomic E-state index is -0.808.